The van der Waals surface area contributed by atoms with E-state index in [-0.39, 0.29) is 6.61 Å². The van der Waals surface area contributed by atoms with Gasteiger partial charge in [-0.05, 0) is 36.8 Å². The number of carbonyl (C=O) groups is 1. The lowest BCUT2D eigenvalue weighted by Crippen LogP contribution is -2.13. The molecule has 7 heteroatoms. The van der Waals surface area contributed by atoms with Gasteiger partial charge < -0.3 is 9.15 Å². The Hall–Kier alpha value is -2.80. The number of hydrogen-bond donors (Lipinski definition) is 1. The predicted octanol–water partition coefficient (Wildman–Crippen LogP) is 4.05. The molecule has 0 fully saturated rings. The largest absolute Gasteiger partial charge is 0.450 e. The number of aromatic nitrogens is 1. The van der Waals surface area contributed by atoms with Crippen LogP contribution in [0.2, 0.25) is 0 Å². The number of pyridine rings is 1. The van der Waals surface area contributed by atoms with Crippen LogP contribution in [-0.2, 0) is 10.5 Å². The molecule has 0 aliphatic rings. The standard InChI is InChI=1S/C18H16N2O4S/c1-2-23-18(22)20-13-6-7-14-12(9-17(21)24-15(14)10-13)11-25-16-5-3-4-8-19-16/h3-10H,2,11H2,1H3,(H,20,22). The average Bonchev–Trinajstić information content (AvgIpc) is 2.60. The van der Waals surface area contributed by atoms with Crippen molar-refractivity contribution < 1.29 is 13.9 Å². The van der Waals surface area contributed by atoms with Crippen LogP contribution in [0.1, 0.15) is 12.5 Å². The van der Waals surface area contributed by atoms with Gasteiger partial charge in [-0.2, -0.15) is 0 Å². The molecule has 0 bridgehead atoms. The molecule has 1 N–H and O–H groups in total. The van der Waals surface area contributed by atoms with Crippen LogP contribution in [-0.4, -0.2) is 17.7 Å². The summed E-state index contributed by atoms with van der Waals surface area (Å²) >= 11 is 1.54. The van der Waals surface area contributed by atoms with E-state index in [1.54, 1.807) is 25.3 Å². The number of nitrogens with zero attached hydrogens (tertiary/aromatic N) is 1. The number of amides is 1. The summed E-state index contributed by atoms with van der Waals surface area (Å²) in [5.41, 5.74) is 1.34. The summed E-state index contributed by atoms with van der Waals surface area (Å²) < 4.78 is 10.1. The number of rotatable bonds is 5. The highest BCUT2D eigenvalue weighted by molar-refractivity contribution is 7.98. The van der Waals surface area contributed by atoms with Gasteiger partial charge in [-0.25, -0.2) is 14.6 Å². The van der Waals surface area contributed by atoms with Crippen molar-refractivity contribution in [2.24, 2.45) is 0 Å². The van der Waals surface area contributed by atoms with Gasteiger partial charge >= 0.3 is 11.7 Å². The highest BCUT2D eigenvalue weighted by Gasteiger charge is 2.09. The number of benzene rings is 1. The third-order valence-electron chi connectivity index (χ3n) is 3.37. The van der Waals surface area contributed by atoms with Crippen LogP contribution in [0.4, 0.5) is 10.5 Å². The zero-order chi connectivity index (χ0) is 17.6. The van der Waals surface area contributed by atoms with E-state index in [2.05, 4.69) is 10.3 Å². The summed E-state index contributed by atoms with van der Waals surface area (Å²) in [5, 5.41) is 4.29. The molecule has 6 nitrogen and oxygen atoms in total. The monoisotopic (exact) mass is 356 g/mol. The van der Waals surface area contributed by atoms with Gasteiger partial charge in [0.1, 0.15) is 5.58 Å². The Balaban J connectivity index is 1.86. The Morgan fingerprint density at radius 3 is 2.92 bits per heavy atom. The number of carbonyl (C=O) groups excluding carboxylic acids is 1. The van der Waals surface area contributed by atoms with Crippen molar-refractivity contribution in [1.82, 2.24) is 4.98 Å². The van der Waals surface area contributed by atoms with Gasteiger partial charge in [-0.15, -0.1) is 11.8 Å². The molecule has 0 radical (unpaired) electrons. The minimum absolute atomic E-state index is 0.281. The maximum absolute atomic E-state index is 11.8. The van der Waals surface area contributed by atoms with Crippen molar-refractivity contribution >= 4 is 34.5 Å². The molecule has 2 aromatic heterocycles. The average molecular weight is 356 g/mol. The Morgan fingerprint density at radius 2 is 2.16 bits per heavy atom. The minimum Gasteiger partial charge on any atom is -0.450 e. The molecule has 128 valence electrons. The van der Waals surface area contributed by atoms with Gasteiger partial charge in [0.15, 0.2) is 0 Å². The first-order chi connectivity index (χ1) is 12.2. The molecule has 3 aromatic rings. The molecule has 3 rings (SSSR count). The molecular weight excluding hydrogens is 340 g/mol. The molecule has 1 amide bonds. The Labute approximate surface area is 148 Å². The number of anilines is 1. The third kappa shape index (κ3) is 4.39. The first kappa shape index (κ1) is 17.0. The lowest BCUT2D eigenvalue weighted by molar-refractivity contribution is 0.168. The minimum atomic E-state index is -0.550. The van der Waals surface area contributed by atoms with E-state index in [0.717, 1.165) is 16.0 Å². The van der Waals surface area contributed by atoms with Crippen molar-refractivity contribution in [3.63, 3.8) is 0 Å². The summed E-state index contributed by atoms with van der Waals surface area (Å²) in [6, 6.07) is 12.3. The summed E-state index contributed by atoms with van der Waals surface area (Å²) in [7, 11) is 0. The number of thioether (sulfide) groups is 1. The van der Waals surface area contributed by atoms with Crippen LogP contribution < -0.4 is 10.9 Å². The number of ether oxygens (including phenoxy) is 1. The zero-order valence-corrected chi connectivity index (χ0v) is 14.3. The molecular formula is C18H16N2O4S. The fourth-order valence-electron chi connectivity index (χ4n) is 2.30. The van der Waals surface area contributed by atoms with E-state index in [1.165, 1.54) is 17.8 Å². The van der Waals surface area contributed by atoms with Gasteiger partial charge in [0, 0.05) is 35.2 Å². The van der Waals surface area contributed by atoms with Crippen LogP contribution in [0.25, 0.3) is 11.0 Å². The third-order valence-corrected chi connectivity index (χ3v) is 4.36. The van der Waals surface area contributed by atoms with Gasteiger partial charge in [0.05, 0.1) is 11.6 Å². The maximum atomic E-state index is 11.8. The first-order valence-corrected chi connectivity index (χ1v) is 8.68. The van der Waals surface area contributed by atoms with Crippen LogP contribution in [0.5, 0.6) is 0 Å². The fourth-order valence-corrected chi connectivity index (χ4v) is 3.15. The molecule has 25 heavy (non-hydrogen) atoms. The van der Waals surface area contributed by atoms with E-state index in [1.807, 2.05) is 24.3 Å². The van der Waals surface area contributed by atoms with Crippen molar-refractivity contribution in [2.75, 3.05) is 11.9 Å². The molecule has 0 aliphatic carbocycles. The Bertz CT molecular complexity index is 941. The van der Waals surface area contributed by atoms with Crippen LogP contribution in [0.15, 0.2) is 62.9 Å². The molecule has 0 saturated heterocycles. The quantitative estimate of drug-likeness (QED) is 0.549. The second-order valence-electron chi connectivity index (χ2n) is 5.10. The van der Waals surface area contributed by atoms with E-state index in [0.29, 0.717) is 17.0 Å². The summed E-state index contributed by atoms with van der Waals surface area (Å²) in [5.74, 6) is 0.587. The Morgan fingerprint density at radius 1 is 1.28 bits per heavy atom. The molecule has 1 aromatic carbocycles. The van der Waals surface area contributed by atoms with Crippen LogP contribution >= 0.6 is 11.8 Å². The lowest BCUT2D eigenvalue weighted by atomic mass is 10.1. The van der Waals surface area contributed by atoms with Gasteiger partial charge in [0.25, 0.3) is 0 Å². The fraction of sp³-hybridized carbons (Fsp3) is 0.167. The summed E-state index contributed by atoms with van der Waals surface area (Å²) in [6.07, 6.45) is 1.18. The smallest absolute Gasteiger partial charge is 0.411 e. The SMILES string of the molecule is CCOC(=O)Nc1ccc2c(CSc3ccccn3)cc(=O)oc2c1. The zero-order valence-electron chi connectivity index (χ0n) is 13.5. The topological polar surface area (TPSA) is 81.4 Å². The Kier molecular flexibility index (Phi) is 5.35. The van der Waals surface area contributed by atoms with Crippen LogP contribution in [0.3, 0.4) is 0 Å². The second kappa shape index (κ2) is 7.85. The van der Waals surface area contributed by atoms with E-state index in [4.69, 9.17) is 9.15 Å². The predicted molar refractivity (Wildman–Crippen MR) is 96.9 cm³/mol. The van der Waals surface area contributed by atoms with Gasteiger partial charge in [0.2, 0.25) is 0 Å². The molecule has 2 heterocycles. The molecule has 0 saturated carbocycles. The highest BCUT2D eigenvalue weighted by Crippen LogP contribution is 2.26. The van der Waals surface area contributed by atoms with Crippen molar-refractivity contribution in [1.29, 1.82) is 0 Å². The van der Waals surface area contributed by atoms with Crippen molar-refractivity contribution in [2.45, 2.75) is 17.7 Å². The van der Waals surface area contributed by atoms with Crippen molar-refractivity contribution in [3.05, 3.63) is 64.6 Å². The van der Waals surface area contributed by atoms with Gasteiger partial charge in [-0.3, -0.25) is 5.32 Å². The molecule has 0 spiro atoms. The first-order valence-electron chi connectivity index (χ1n) is 7.70. The van der Waals surface area contributed by atoms with E-state index in [9.17, 15) is 9.59 Å². The van der Waals surface area contributed by atoms with E-state index >= 15 is 0 Å². The molecule has 0 aliphatic heterocycles. The maximum Gasteiger partial charge on any atom is 0.411 e. The normalized spacial score (nSPS) is 10.6. The number of fused-ring (bicyclic) bond motifs is 1. The highest BCUT2D eigenvalue weighted by atomic mass is 32.2. The summed E-state index contributed by atoms with van der Waals surface area (Å²) in [6.45, 7) is 2.01. The lowest BCUT2D eigenvalue weighted by Gasteiger charge is -2.08. The summed E-state index contributed by atoms with van der Waals surface area (Å²) in [4.78, 5) is 27.6. The van der Waals surface area contributed by atoms with Crippen LogP contribution in [0, 0.1) is 0 Å². The molecule has 0 unspecified atom stereocenters. The van der Waals surface area contributed by atoms with Gasteiger partial charge in [-0.1, -0.05) is 6.07 Å². The van der Waals surface area contributed by atoms with E-state index < -0.39 is 11.7 Å². The number of hydrogen-bond acceptors (Lipinski definition) is 6. The molecule has 0 atom stereocenters. The number of nitrogens with one attached hydrogen (secondary N) is 1. The second-order valence-corrected chi connectivity index (χ2v) is 6.10. The van der Waals surface area contributed by atoms with Crippen molar-refractivity contribution in [3.8, 4) is 0 Å².